The van der Waals surface area contributed by atoms with Gasteiger partial charge in [-0.15, -0.1) is 0 Å². The first-order valence-electron chi connectivity index (χ1n) is 5.03. The molecule has 0 amide bonds. The number of nitrogens with one attached hydrogen (secondary N) is 1. The van der Waals surface area contributed by atoms with Gasteiger partial charge >= 0.3 is 5.97 Å². The average molecular weight is 286 g/mol. The van der Waals surface area contributed by atoms with Crippen LogP contribution in [0.1, 0.15) is 5.56 Å². The quantitative estimate of drug-likeness (QED) is 0.879. The Bertz CT molecular complexity index is 408. The molecule has 0 spiro atoms. The SMILES string of the molecule is O=C(O)CNCC1Cc2cc(Br)ccc2O1. The number of fused-ring (bicyclic) bond motifs is 1. The smallest absolute Gasteiger partial charge is 0.317 e. The van der Waals surface area contributed by atoms with Crippen LogP contribution in [0.3, 0.4) is 0 Å². The van der Waals surface area contributed by atoms with E-state index in [2.05, 4.69) is 21.2 Å². The molecule has 0 radical (unpaired) electrons. The summed E-state index contributed by atoms with van der Waals surface area (Å²) in [5, 5.41) is 11.3. The zero-order valence-corrected chi connectivity index (χ0v) is 10.2. The molecule has 0 fully saturated rings. The van der Waals surface area contributed by atoms with Crippen molar-refractivity contribution < 1.29 is 14.6 Å². The summed E-state index contributed by atoms with van der Waals surface area (Å²) < 4.78 is 6.70. The van der Waals surface area contributed by atoms with Gasteiger partial charge in [0.15, 0.2) is 0 Å². The lowest BCUT2D eigenvalue weighted by Gasteiger charge is -2.10. The molecular weight excluding hydrogens is 274 g/mol. The Labute approximate surface area is 102 Å². The van der Waals surface area contributed by atoms with Crippen LogP contribution < -0.4 is 10.1 Å². The molecule has 2 rings (SSSR count). The number of hydrogen-bond donors (Lipinski definition) is 2. The van der Waals surface area contributed by atoms with Gasteiger partial charge in [-0.1, -0.05) is 15.9 Å². The summed E-state index contributed by atoms with van der Waals surface area (Å²) in [5.41, 5.74) is 1.16. The second-order valence-electron chi connectivity index (χ2n) is 3.72. The summed E-state index contributed by atoms with van der Waals surface area (Å²) in [5.74, 6) is 0.0450. The van der Waals surface area contributed by atoms with Crippen molar-refractivity contribution in [3.63, 3.8) is 0 Å². The van der Waals surface area contributed by atoms with E-state index in [9.17, 15) is 4.79 Å². The Kier molecular flexibility index (Phi) is 3.46. The summed E-state index contributed by atoms with van der Waals surface area (Å²) in [7, 11) is 0. The van der Waals surface area contributed by atoms with Crippen LogP contribution in [0.5, 0.6) is 5.75 Å². The third-order valence-electron chi connectivity index (χ3n) is 2.41. The molecule has 1 aliphatic heterocycles. The molecule has 0 aliphatic carbocycles. The second kappa shape index (κ2) is 4.84. The van der Waals surface area contributed by atoms with E-state index in [4.69, 9.17) is 9.84 Å². The highest BCUT2D eigenvalue weighted by atomic mass is 79.9. The van der Waals surface area contributed by atoms with E-state index in [0.717, 1.165) is 22.2 Å². The van der Waals surface area contributed by atoms with Gasteiger partial charge < -0.3 is 15.2 Å². The van der Waals surface area contributed by atoms with Crippen LogP contribution in [-0.2, 0) is 11.2 Å². The third-order valence-corrected chi connectivity index (χ3v) is 2.91. The van der Waals surface area contributed by atoms with Gasteiger partial charge in [0.05, 0.1) is 6.54 Å². The molecule has 0 bridgehead atoms. The highest BCUT2D eigenvalue weighted by Crippen LogP contribution is 2.30. The minimum absolute atomic E-state index is 0.0279. The van der Waals surface area contributed by atoms with E-state index in [1.165, 1.54) is 0 Å². The van der Waals surface area contributed by atoms with Crippen molar-refractivity contribution in [3.8, 4) is 5.75 Å². The maximum absolute atomic E-state index is 10.3. The Morgan fingerprint density at radius 3 is 3.19 bits per heavy atom. The summed E-state index contributed by atoms with van der Waals surface area (Å²) in [4.78, 5) is 10.3. The highest BCUT2D eigenvalue weighted by molar-refractivity contribution is 9.10. The number of rotatable bonds is 4. The predicted molar refractivity (Wildman–Crippen MR) is 62.8 cm³/mol. The van der Waals surface area contributed by atoms with Crippen LogP contribution in [0.25, 0.3) is 0 Å². The highest BCUT2D eigenvalue weighted by Gasteiger charge is 2.22. The molecule has 5 heteroatoms. The van der Waals surface area contributed by atoms with E-state index in [1.807, 2.05) is 18.2 Å². The van der Waals surface area contributed by atoms with Crippen molar-refractivity contribution in [2.75, 3.05) is 13.1 Å². The second-order valence-corrected chi connectivity index (χ2v) is 4.64. The standard InChI is InChI=1S/C11H12BrNO3/c12-8-1-2-10-7(3-8)4-9(16-10)5-13-6-11(14)15/h1-3,9,13H,4-6H2,(H,14,15). The first-order valence-corrected chi connectivity index (χ1v) is 5.82. The number of benzene rings is 1. The Hall–Kier alpha value is -1.07. The zero-order valence-electron chi connectivity index (χ0n) is 8.57. The summed E-state index contributed by atoms with van der Waals surface area (Å²) in [6, 6.07) is 5.90. The molecule has 0 aromatic heterocycles. The molecule has 1 aliphatic rings. The molecule has 1 aromatic rings. The normalized spacial score (nSPS) is 17.9. The maximum atomic E-state index is 10.3. The fourth-order valence-electron chi connectivity index (χ4n) is 1.74. The molecule has 1 atom stereocenters. The van der Waals surface area contributed by atoms with E-state index < -0.39 is 5.97 Å². The minimum Gasteiger partial charge on any atom is -0.488 e. The largest absolute Gasteiger partial charge is 0.488 e. The van der Waals surface area contributed by atoms with Crippen molar-refractivity contribution in [1.82, 2.24) is 5.32 Å². The maximum Gasteiger partial charge on any atom is 0.317 e. The lowest BCUT2D eigenvalue weighted by Crippen LogP contribution is -2.33. The summed E-state index contributed by atoms with van der Waals surface area (Å²) in [6.45, 7) is 0.526. The van der Waals surface area contributed by atoms with Crippen molar-refractivity contribution >= 4 is 21.9 Å². The minimum atomic E-state index is -0.849. The van der Waals surface area contributed by atoms with Gasteiger partial charge in [0.1, 0.15) is 11.9 Å². The lowest BCUT2D eigenvalue weighted by molar-refractivity contribution is -0.136. The zero-order chi connectivity index (χ0) is 11.5. The number of ether oxygens (including phenoxy) is 1. The van der Waals surface area contributed by atoms with Gasteiger partial charge in [-0.3, -0.25) is 4.79 Å². The fourth-order valence-corrected chi connectivity index (χ4v) is 2.15. The molecule has 0 saturated carbocycles. The molecule has 1 aromatic carbocycles. The molecule has 4 nitrogen and oxygen atoms in total. The van der Waals surface area contributed by atoms with Crippen molar-refractivity contribution in [2.45, 2.75) is 12.5 Å². The molecule has 86 valence electrons. The molecule has 1 heterocycles. The first kappa shape index (κ1) is 11.4. The molecule has 0 saturated heterocycles. The average Bonchev–Trinajstić information content (AvgIpc) is 2.58. The fraction of sp³-hybridized carbons (Fsp3) is 0.364. The molecule has 1 unspecified atom stereocenters. The summed E-state index contributed by atoms with van der Waals surface area (Å²) in [6.07, 6.45) is 0.852. The van der Waals surface area contributed by atoms with Crippen molar-refractivity contribution in [1.29, 1.82) is 0 Å². The van der Waals surface area contributed by atoms with E-state index in [0.29, 0.717) is 6.54 Å². The van der Waals surface area contributed by atoms with Crippen LogP contribution in [0.4, 0.5) is 0 Å². The number of carboxylic acids is 1. The lowest BCUT2D eigenvalue weighted by atomic mass is 10.1. The van der Waals surface area contributed by atoms with E-state index >= 15 is 0 Å². The van der Waals surface area contributed by atoms with E-state index in [-0.39, 0.29) is 12.6 Å². The van der Waals surface area contributed by atoms with Crippen LogP contribution in [0.2, 0.25) is 0 Å². The van der Waals surface area contributed by atoms with E-state index in [1.54, 1.807) is 0 Å². The summed E-state index contributed by atoms with van der Waals surface area (Å²) >= 11 is 3.41. The van der Waals surface area contributed by atoms with Crippen LogP contribution in [-0.4, -0.2) is 30.3 Å². The number of aliphatic carboxylic acids is 1. The van der Waals surface area contributed by atoms with Crippen LogP contribution in [0, 0.1) is 0 Å². The van der Waals surface area contributed by atoms with Crippen molar-refractivity contribution in [2.24, 2.45) is 0 Å². The van der Waals surface area contributed by atoms with Crippen LogP contribution >= 0.6 is 15.9 Å². The first-order chi connectivity index (χ1) is 7.65. The number of halogens is 1. The predicted octanol–water partition coefficient (Wildman–Crippen LogP) is 1.43. The Morgan fingerprint density at radius 2 is 2.44 bits per heavy atom. The van der Waals surface area contributed by atoms with Gasteiger partial charge in [-0.25, -0.2) is 0 Å². The Balaban J connectivity index is 1.88. The third kappa shape index (κ3) is 2.74. The molecular formula is C11H12BrNO3. The molecule has 16 heavy (non-hydrogen) atoms. The van der Waals surface area contributed by atoms with Gasteiger partial charge in [0.2, 0.25) is 0 Å². The van der Waals surface area contributed by atoms with Crippen molar-refractivity contribution in [3.05, 3.63) is 28.2 Å². The van der Waals surface area contributed by atoms with Gasteiger partial charge in [-0.05, 0) is 23.8 Å². The van der Waals surface area contributed by atoms with Crippen LogP contribution in [0.15, 0.2) is 22.7 Å². The number of carbonyl (C=O) groups is 1. The van der Waals surface area contributed by atoms with Gasteiger partial charge in [0, 0.05) is 17.4 Å². The Morgan fingerprint density at radius 1 is 1.62 bits per heavy atom. The van der Waals surface area contributed by atoms with Gasteiger partial charge in [0.25, 0.3) is 0 Å². The topological polar surface area (TPSA) is 58.6 Å². The monoisotopic (exact) mass is 285 g/mol. The number of carboxylic acid groups (broad SMARTS) is 1. The van der Waals surface area contributed by atoms with Gasteiger partial charge in [-0.2, -0.15) is 0 Å². The number of hydrogen-bond acceptors (Lipinski definition) is 3. The molecule has 2 N–H and O–H groups in total.